The molecule has 0 spiro atoms. The summed E-state index contributed by atoms with van der Waals surface area (Å²) in [6, 6.07) is -1.07. The summed E-state index contributed by atoms with van der Waals surface area (Å²) in [6.45, 7) is 4.48. The van der Waals surface area contributed by atoms with Gasteiger partial charge in [-0.15, -0.1) is 0 Å². The van der Waals surface area contributed by atoms with Crippen molar-refractivity contribution in [3.05, 3.63) is 0 Å². The number of hydrogen-bond acceptors (Lipinski definition) is 7. The number of phosphoric acid groups is 1. The van der Waals surface area contributed by atoms with E-state index < -0.39 is 32.7 Å². The molecule has 0 saturated heterocycles. The van der Waals surface area contributed by atoms with Crippen molar-refractivity contribution >= 4 is 13.7 Å². The quantitative estimate of drug-likeness (QED) is 0.0315. The Hall–Kier alpha value is -0.540. The maximum absolute atomic E-state index is 13.0. The Kier molecular flexibility index (Phi) is 48.7. The summed E-state index contributed by atoms with van der Waals surface area (Å²) >= 11 is 0. The summed E-state index contributed by atoms with van der Waals surface area (Å²) in [7, 11) is 1.14. The third kappa shape index (κ3) is 50.2. The number of unbranched alkanes of at least 4 members (excludes halogenated alkanes) is 41. The molecule has 0 aliphatic rings. The molecule has 0 saturated carbocycles. The highest BCUT2D eigenvalue weighted by Gasteiger charge is 2.29. The Labute approximate surface area is 417 Å². The Morgan fingerprint density at radius 1 is 0.478 bits per heavy atom. The summed E-state index contributed by atoms with van der Waals surface area (Å²) in [5.41, 5.74) is 0. The lowest BCUT2D eigenvalue weighted by Gasteiger charge is -2.31. The Morgan fingerprint density at radius 2 is 0.761 bits per heavy atom. The second kappa shape index (κ2) is 49.1. The number of nitrogens with one attached hydrogen (secondary N) is 1. The van der Waals surface area contributed by atoms with Crippen molar-refractivity contribution in [3.63, 3.8) is 0 Å². The predicted molar refractivity (Wildman–Crippen MR) is 285 cm³/mol. The molecule has 0 aromatic rings. The van der Waals surface area contributed by atoms with Crippen LogP contribution in [0, 0.1) is 0 Å². The number of amides is 1. The first-order chi connectivity index (χ1) is 32.4. The summed E-state index contributed by atoms with van der Waals surface area (Å²) in [5.74, 6) is -0.271. The minimum Gasteiger partial charge on any atom is -0.756 e. The normalized spacial score (nSPS) is 14.3. The van der Waals surface area contributed by atoms with Crippen LogP contribution in [0.2, 0.25) is 0 Å². The number of aliphatic hydroxyl groups excluding tert-OH is 2. The summed E-state index contributed by atoms with van der Waals surface area (Å²) in [4.78, 5) is 25.5. The predicted octanol–water partition coefficient (Wildman–Crippen LogP) is 16.0. The van der Waals surface area contributed by atoms with E-state index in [1.165, 1.54) is 238 Å². The standard InChI is InChI=1S/C57H117N2O7P/c1-6-8-10-12-14-16-18-20-21-22-23-24-25-26-27-28-29-30-31-32-33-34-35-36-37-38-40-42-44-46-48-50-56(61)58-54(53-66-67(63,64)65-52-51-59(3,4)5)57(62)55(60)49-47-45-43-41-39-19-17-15-13-11-9-7-2/h54-55,57,60,62H,6-53H2,1-5H3,(H-,58,61,63,64). The highest BCUT2D eigenvalue weighted by Crippen LogP contribution is 2.38. The van der Waals surface area contributed by atoms with Crippen LogP contribution in [0.5, 0.6) is 0 Å². The van der Waals surface area contributed by atoms with Gasteiger partial charge in [0.25, 0.3) is 7.82 Å². The van der Waals surface area contributed by atoms with E-state index in [1.807, 2.05) is 21.1 Å². The molecule has 0 radical (unpaired) electrons. The number of hydrogen-bond donors (Lipinski definition) is 3. The summed E-state index contributed by atoms with van der Waals surface area (Å²) in [5, 5.41) is 24.7. The molecule has 0 aliphatic heterocycles. The van der Waals surface area contributed by atoms with Crippen LogP contribution < -0.4 is 10.2 Å². The maximum atomic E-state index is 13.0. The van der Waals surface area contributed by atoms with Crippen LogP contribution in [0.4, 0.5) is 0 Å². The monoisotopic (exact) mass is 973 g/mol. The van der Waals surface area contributed by atoms with Gasteiger partial charge in [0.05, 0.1) is 39.9 Å². The Balaban J connectivity index is 4.03. The lowest BCUT2D eigenvalue weighted by molar-refractivity contribution is -0.870. The second-order valence-corrected chi connectivity index (χ2v) is 23.3. The molecule has 10 heteroatoms. The van der Waals surface area contributed by atoms with Crippen molar-refractivity contribution in [3.8, 4) is 0 Å². The number of carbonyl (C=O) groups excluding carboxylic acids is 1. The van der Waals surface area contributed by atoms with Gasteiger partial charge in [0.1, 0.15) is 19.3 Å². The van der Waals surface area contributed by atoms with Crippen LogP contribution in [0.3, 0.4) is 0 Å². The number of quaternary nitrogens is 1. The Morgan fingerprint density at radius 3 is 1.06 bits per heavy atom. The van der Waals surface area contributed by atoms with Gasteiger partial charge in [0.2, 0.25) is 5.91 Å². The fourth-order valence-electron chi connectivity index (χ4n) is 9.26. The highest BCUT2D eigenvalue weighted by molar-refractivity contribution is 7.45. The molecule has 4 atom stereocenters. The number of aliphatic hydroxyl groups is 2. The van der Waals surface area contributed by atoms with Crippen LogP contribution in [-0.2, 0) is 18.4 Å². The van der Waals surface area contributed by atoms with Crippen molar-refractivity contribution in [1.29, 1.82) is 0 Å². The van der Waals surface area contributed by atoms with Crippen molar-refractivity contribution in [2.45, 2.75) is 321 Å². The van der Waals surface area contributed by atoms with Gasteiger partial charge in [0.15, 0.2) is 0 Å². The lowest BCUT2D eigenvalue weighted by atomic mass is 9.99. The maximum Gasteiger partial charge on any atom is 0.268 e. The first kappa shape index (κ1) is 66.5. The molecular formula is C57H117N2O7P. The van der Waals surface area contributed by atoms with Crippen LogP contribution in [0.1, 0.15) is 303 Å². The molecule has 0 fully saturated rings. The third-order valence-corrected chi connectivity index (χ3v) is 14.9. The van der Waals surface area contributed by atoms with Gasteiger partial charge in [-0.1, -0.05) is 284 Å². The van der Waals surface area contributed by atoms with Crippen LogP contribution >= 0.6 is 7.82 Å². The van der Waals surface area contributed by atoms with E-state index in [9.17, 15) is 24.5 Å². The number of likely N-dealkylation sites (N-methyl/N-ethyl adjacent to an activating group) is 1. The molecule has 9 nitrogen and oxygen atoms in total. The first-order valence-corrected chi connectivity index (χ1v) is 30.9. The third-order valence-electron chi connectivity index (χ3n) is 13.9. The topological polar surface area (TPSA) is 128 Å². The van der Waals surface area contributed by atoms with Crippen LogP contribution in [-0.4, -0.2) is 79.8 Å². The van der Waals surface area contributed by atoms with Crippen molar-refractivity contribution in [2.75, 3.05) is 40.9 Å². The zero-order chi connectivity index (χ0) is 49.4. The van der Waals surface area contributed by atoms with Gasteiger partial charge in [0, 0.05) is 6.42 Å². The van der Waals surface area contributed by atoms with Crippen molar-refractivity contribution in [1.82, 2.24) is 5.32 Å². The van der Waals surface area contributed by atoms with Crippen molar-refractivity contribution < 1.29 is 38.0 Å². The molecule has 0 aliphatic carbocycles. The van der Waals surface area contributed by atoms with Gasteiger partial charge >= 0.3 is 0 Å². The smallest absolute Gasteiger partial charge is 0.268 e. The molecule has 0 aromatic heterocycles. The van der Waals surface area contributed by atoms with E-state index in [1.54, 1.807) is 0 Å². The fourth-order valence-corrected chi connectivity index (χ4v) is 9.98. The number of phosphoric ester groups is 1. The van der Waals surface area contributed by atoms with Gasteiger partial charge in [-0.25, -0.2) is 0 Å². The molecule has 3 N–H and O–H groups in total. The number of rotatable bonds is 55. The lowest BCUT2D eigenvalue weighted by Crippen LogP contribution is -2.51. The Bertz CT molecular complexity index is 1080. The molecule has 4 unspecified atom stereocenters. The fraction of sp³-hybridized carbons (Fsp3) is 0.982. The molecular weight excluding hydrogens is 856 g/mol. The minimum absolute atomic E-state index is 0.0366. The van der Waals surface area contributed by atoms with E-state index in [4.69, 9.17) is 9.05 Å². The van der Waals surface area contributed by atoms with E-state index in [0.29, 0.717) is 17.4 Å². The molecule has 67 heavy (non-hydrogen) atoms. The van der Waals surface area contributed by atoms with Gasteiger partial charge in [-0.05, 0) is 12.8 Å². The van der Waals surface area contributed by atoms with Crippen molar-refractivity contribution in [2.24, 2.45) is 0 Å². The molecule has 0 heterocycles. The van der Waals surface area contributed by atoms with Gasteiger partial charge in [-0.2, -0.15) is 0 Å². The minimum atomic E-state index is -4.66. The second-order valence-electron chi connectivity index (χ2n) is 21.9. The molecule has 402 valence electrons. The van der Waals surface area contributed by atoms with Crippen LogP contribution in [0.25, 0.3) is 0 Å². The number of carbonyl (C=O) groups is 1. The first-order valence-electron chi connectivity index (χ1n) is 29.5. The average molecular weight is 974 g/mol. The molecule has 0 rings (SSSR count). The highest BCUT2D eigenvalue weighted by atomic mass is 31.2. The summed E-state index contributed by atoms with van der Waals surface area (Å²) in [6.07, 6.45) is 54.7. The molecule has 0 aromatic carbocycles. The van der Waals surface area contributed by atoms with E-state index in [0.717, 1.165) is 38.5 Å². The molecule has 1 amide bonds. The zero-order valence-corrected chi connectivity index (χ0v) is 46.4. The summed E-state index contributed by atoms with van der Waals surface area (Å²) < 4.78 is 23.3. The van der Waals surface area contributed by atoms with Crippen LogP contribution in [0.15, 0.2) is 0 Å². The SMILES string of the molecule is CCCCCCCCCCCCCCCCCCCCCCCCCCCCCCCCCC(=O)NC(COP(=O)([O-])OCC[N+](C)(C)C)C(O)C(O)CCCCCCCCCCCCCC. The van der Waals surface area contributed by atoms with E-state index >= 15 is 0 Å². The van der Waals surface area contributed by atoms with E-state index in [2.05, 4.69) is 19.2 Å². The van der Waals surface area contributed by atoms with Gasteiger partial charge < -0.3 is 34.0 Å². The largest absolute Gasteiger partial charge is 0.756 e. The number of nitrogens with zero attached hydrogens (tertiary/aromatic N) is 1. The van der Waals surface area contributed by atoms with Gasteiger partial charge in [-0.3, -0.25) is 9.36 Å². The van der Waals surface area contributed by atoms with E-state index in [-0.39, 0.29) is 18.9 Å². The zero-order valence-electron chi connectivity index (χ0n) is 45.5. The molecule has 0 bridgehead atoms. The average Bonchev–Trinajstić information content (AvgIpc) is 3.29.